The molecule has 1 saturated heterocycles. The van der Waals surface area contributed by atoms with Crippen molar-refractivity contribution in [2.24, 2.45) is 5.92 Å². The molecule has 2 aromatic heterocycles. The maximum absolute atomic E-state index is 13.8. The monoisotopic (exact) mass is 594 g/mol. The van der Waals surface area contributed by atoms with E-state index in [-0.39, 0.29) is 23.7 Å². The minimum atomic E-state index is -4.44. The molecule has 4 aromatic rings. The number of alkyl halides is 3. The summed E-state index contributed by atoms with van der Waals surface area (Å²) in [5, 5.41) is 0. The van der Waals surface area contributed by atoms with Gasteiger partial charge in [0.2, 0.25) is 5.91 Å². The standard InChI is InChI=1S/C33H34F4N4O2/c1-43-28-7-3-5-24(19-28)32(42)40-16-14-39(15-17-40)21-29-31(22-8-11-27(34)12-9-22)38-30-13-10-25(20-41(29)30)23-4-2-6-26(18-23)33(35,36)37/h2,4,6,8-13,18,20,24,28H,3,5,7,14-17,19,21H2,1H3/t24-,28+/m1/s1. The van der Waals surface area contributed by atoms with Crippen LogP contribution in [0.25, 0.3) is 28.0 Å². The van der Waals surface area contributed by atoms with Gasteiger partial charge in [0.15, 0.2) is 0 Å². The Kier molecular flexibility index (Phi) is 8.24. The van der Waals surface area contributed by atoms with E-state index in [1.54, 1.807) is 37.4 Å². The summed E-state index contributed by atoms with van der Waals surface area (Å²) in [5.74, 6) is -0.145. The average Bonchev–Trinajstić information content (AvgIpc) is 3.38. The number of carbonyl (C=O) groups is 1. The summed E-state index contributed by atoms with van der Waals surface area (Å²) in [6.07, 6.45) is 1.18. The van der Waals surface area contributed by atoms with Crippen LogP contribution in [0.1, 0.15) is 36.9 Å². The number of benzene rings is 2. The van der Waals surface area contributed by atoms with E-state index in [0.29, 0.717) is 55.2 Å². The van der Waals surface area contributed by atoms with E-state index in [9.17, 15) is 22.4 Å². The summed E-state index contributed by atoms with van der Waals surface area (Å²) < 4.78 is 61.5. The van der Waals surface area contributed by atoms with Crippen molar-refractivity contribution in [2.45, 2.75) is 44.5 Å². The van der Waals surface area contributed by atoms with Crippen LogP contribution in [0.4, 0.5) is 17.6 Å². The van der Waals surface area contributed by atoms with E-state index in [1.807, 2.05) is 15.5 Å². The Morgan fingerprint density at radius 1 is 0.953 bits per heavy atom. The Morgan fingerprint density at radius 3 is 2.42 bits per heavy atom. The molecule has 1 amide bonds. The van der Waals surface area contributed by atoms with Crippen LogP contribution in [0.2, 0.25) is 0 Å². The second-order valence-corrected chi connectivity index (χ2v) is 11.5. The summed E-state index contributed by atoms with van der Waals surface area (Å²) in [4.78, 5) is 22.3. The van der Waals surface area contributed by atoms with Gasteiger partial charge in [-0.3, -0.25) is 9.69 Å². The van der Waals surface area contributed by atoms with Gasteiger partial charge in [-0.15, -0.1) is 0 Å². The van der Waals surface area contributed by atoms with Crippen molar-refractivity contribution >= 4 is 11.6 Å². The van der Waals surface area contributed by atoms with E-state index < -0.39 is 11.7 Å². The summed E-state index contributed by atoms with van der Waals surface area (Å²) in [5.41, 5.74) is 3.30. The molecule has 0 spiro atoms. The quantitative estimate of drug-likeness (QED) is 0.234. The molecule has 0 radical (unpaired) electrons. The second-order valence-electron chi connectivity index (χ2n) is 11.5. The van der Waals surface area contributed by atoms with Gasteiger partial charge in [-0.2, -0.15) is 13.2 Å². The zero-order valence-corrected chi connectivity index (χ0v) is 24.0. The number of hydrogen-bond donors (Lipinski definition) is 0. The SMILES string of the molecule is CO[C@H]1CCC[C@@H](C(=O)N2CCN(Cc3c(-c4ccc(F)cc4)nc4ccc(-c5cccc(C(F)(F)F)c5)cn34)CC2)C1. The van der Waals surface area contributed by atoms with Crippen molar-refractivity contribution in [2.75, 3.05) is 33.3 Å². The third kappa shape index (κ3) is 6.31. The van der Waals surface area contributed by atoms with Crippen LogP contribution in [0, 0.1) is 11.7 Å². The molecule has 2 fully saturated rings. The normalized spacial score (nSPS) is 20.1. The predicted molar refractivity (Wildman–Crippen MR) is 156 cm³/mol. The number of methoxy groups -OCH3 is 1. The molecule has 3 heterocycles. The van der Waals surface area contributed by atoms with Crippen LogP contribution in [0.5, 0.6) is 0 Å². The Hall–Kier alpha value is -3.76. The molecule has 1 saturated carbocycles. The molecule has 10 heteroatoms. The van der Waals surface area contributed by atoms with Crippen molar-refractivity contribution in [1.29, 1.82) is 0 Å². The number of halogens is 4. The van der Waals surface area contributed by atoms with E-state index in [1.165, 1.54) is 18.2 Å². The first-order valence-electron chi connectivity index (χ1n) is 14.7. The van der Waals surface area contributed by atoms with E-state index in [2.05, 4.69) is 4.90 Å². The fraction of sp³-hybridized carbons (Fsp3) is 0.394. The molecule has 2 atom stereocenters. The van der Waals surface area contributed by atoms with Crippen LogP contribution in [0.15, 0.2) is 66.9 Å². The number of rotatable bonds is 6. The highest BCUT2D eigenvalue weighted by Gasteiger charge is 2.33. The molecule has 0 N–H and O–H groups in total. The first-order chi connectivity index (χ1) is 20.7. The van der Waals surface area contributed by atoms with Crippen molar-refractivity contribution in [3.63, 3.8) is 0 Å². The van der Waals surface area contributed by atoms with Crippen LogP contribution < -0.4 is 0 Å². The maximum Gasteiger partial charge on any atom is 0.416 e. The lowest BCUT2D eigenvalue weighted by Gasteiger charge is -2.38. The Morgan fingerprint density at radius 2 is 1.70 bits per heavy atom. The molecule has 43 heavy (non-hydrogen) atoms. The highest BCUT2D eigenvalue weighted by molar-refractivity contribution is 5.79. The molecule has 2 aromatic carbocycles. The fourth-order valence-electron chi connectivity index (χ4n) is 6.31. The Labute approximate surface area is 247 Å². The van der Waals surface area contributed by atoms with Crippen LogP contribution in [-0.4, -0.2) is 64.5 Å². The molecule has 2 aliphatic rings. The number of aromatic nitrogens is 2. The number of nitrogens with zero attached hydrogens (tertiary/aromatic N) is 4. The Bertz CT molecular complexity index is 1590. The van der Waals surface area contributed by atoms with Crippen LogP contribution in [0.3, 0.4) is 0 Å². The maximum atomic E-state index is 13.8. The van der Waals surface area contributed by atoms with Gasteiger partial charge in [0.05, 0.1) is 23.1 Å². The number of fused-ring (bicyclic) bond motifs is 1. The third-order valence-electron chi connectivity index (χ3n) is 8.72. The molecular formula is C33H34F4N4O2. The number of pyridine rings is 1. The third-order valence-corrected chi connectivity index (χ3v) is 8.72. The van der Waals surface area contributed by atoms with Gasteiger partial charge in [0.25, 0.3) is 0 Å². The smallest absolute Gasteiger partial charge is 0.381 e. The van der Waals surface area contributed by atoms with Crippen LogP contribution >= 0.6 is 0 Å². The first-order valence-corrected chi connectivity index (χ1v) is 14.7. The lowest BCUT2D eigenvalue weighted by molar-refractivity contribution is -0.140. The zero-order valence-electron chi connectivity index (χ0n) is 24.0. The van der Waals surface area contributed by atoms with Crippen molar-refractivity contribution in [1.82, 2.24) is 19.2 Å². The van der Waals surface area contributed by atoms with Gasteiger partial charge in [-0.05, 0) is 78.9 Å². The van der Waals surface area contributed by atoms with Gasteiger partial charge in [-0.25, -0.2) is 9.37 Å². The molecule has 1 aliphatic heterocycles. The van der Waals surface area contributed by atoms with E-state index in [4.69, 9.17) is 9.72 Å². The second kappa shape index (κ2) is 12.1. The van der Waals surface area contributed by atoms with Crippen molar-refractivity contribution in [3.05, 3.63) is 83.9 Å². The van der Waals surface area contributed by atoms with Crippen LogP contribution in [-0.2, 0) is 22.3 Å². The predicted octanol–water partition coefficient (Wildman–Crippen LogP) is 6.68. The zero-order chi connectivity index (χ0) is 30.1. The van der Waals surface area contributed by atoms with Crippen molar-refractivity contribution < 1.29 is 27.1 Å². The summed E-state index contributed by atoms with van der Waals surface area (Å²) in [6.45, 7) is 3.10. The minimum absolute atomic E-state index is 0.00312. The summed E-state index contributed by atoms with van der Waals surface area (Å²) in [6, 6.07) is 15.0. The summed E-state index contributed by atoms with van der Waals surface area (Å²) >= 11 is 0. The van der Waals surface area contributed by atoms with Gasteiger partial charge in [0, 0.05) is 57.5 Å². The number of piperazine rings is 1. The van der Waals surface area contributed by atoms with Gasteiger partial charge < -0.3 is 14.0 Å². The topological polar surface area (TPSA) is 50.1 Å². The number of hydrogen-bond acceptors (Lipinski definition) is 4. The number of imidazole rings is 1. The van der Waals surface area contributed by atoms with E-state index >= 15 is 0 Å². The highest BCUT2D eigenvalue weighted by atomic mass is 19.4. The summed E-state index contributed by atoms with van der Waals surface area (Å²) in [7, 11) is 1.71. The molecule has 0 bridgehead atoms. The molecule has 0 unspecified atom stereocenters. The molecule has 6 rings (SSSR count). The number of amides is 1. The molecule has 1 aliphatic carbocycles. The van der Waals surface area contributed by atoms with Crippen molar-refractivity contribution in [3.8, 4) is 22.4 Å². The van der Waals surface area contributed by atoms with Gasteiger partial charge in [0.1, 0.15) is 11.5 Å². The largest absolute Gasteiger partial charge is 0.416 e. The lowest BCUT2D eigenvalue weighted by atomic mass is 9.86. The number of ether oxygens (including phenoxy) is 1. The minimum Gasteiger partial charge on any atom is -0.381 e. The van der Waals surface area contributed by atoms with E-state index in [0.717, 1.165) is 49.1 Å². The molecule has 6 nitrogen and oxygen atoms in total. The fourth-order valence-corrected chi connectivity index (χ4v) is 6.31. The first kappa shape index (κ1) is 29.3. The average molecular weight is 595 g/mol. The Balaban J connectivity index is 1.27. The van der Waals surface area contributed by atoms with Gasteiger partial charge >= 0.3 is 6.18 Å². The number of carbonyl (C=O) groups excluding carboxylic acids is 1. The molecule has 226 valence electrons. The molecular weight excluding hydrogens is 560 g/mol. The lowest BCUT2D eigenvalue weighted by Crippen LogP contribution is -2.50. The van der Waals surface area contributed by atoms with Gasteiger partial charge in [-0.1, -0.05) is 18.6 Å². The highest BCUT2D eigenvalue weighted by Crippen LogP contribution is 2.34.